The minimum atomic E-state index is -2.13. The van der Waals surface area contributed by atoms with Gasteiger partial charge in [0.25, 0.3) is 0 Å². The summed E-state index contributed by atoms with van der Waals surface area (Å²) >= 11 is 0. The number of unbranched alkanes of at least 4 members (excludes halogenated alkanes) is 4. The Morgan fingerprint density at radius 2 is 0.843 bits per heavy atom. The van der Waals surface area contributed by atoms with Crippen LogP contribution in [0.1, 0.15) is 71.6 Å². The van der Waals surface area contributed by atoms with Crippen LogP contribution in [0.15, 0.2) is 0 Å². The quantitative estimate of drug-likeness (QED) is 0.0400. The Kier molecular flexibility index (Phi) is 23.3. The summed E-state index contributed by atoms with van der Waals surface area (Å²) in [5.41, 5.74) is 0. The maximum absolute atomic E-state index is 12.3. The molecule has 0 aromatic rings. The Bertz CT molecular complexity index is 1570. The molecule has 1 amide bonds. The van der Waals surface area contributed by atoms with Gasteiger partial charge in [0.1, 0.15) is 116 Å². The molecule has 15 N–H and O–H groups in total. The van der Waals surface area contributed by atoms with Gasteiger partial charge in [-0.1, -0.05) is 12.8 Å². The summed E-state index contributed by atoms with van der Waals surface area (Å²) in [6.07, 6.45) is -39.2. The monoisotopic (exact) mass is 1020 g/mol. The zero-order chi connectivity index (χ0) is 51.6. The number of amides is 1. The first-order valence-electron chi connectivity index (χ1n) is 23.8. The Labute approximate surface area is 403 Å². The Morgan fingerprint density at radius 3 is 1.40 bits per heavy atom. The van der Waals surface area contributed by atoms with Gasteiger partial charge in [-0.15, -0.1) is 0 Å². The summed E-state index contributed by atoms with van der Waals surface area (Å²) in [4.78, 5) is 23.7. The van der Waals surface area contributed by atoms with Crippen molar-refractivity contribution in [3.63, 3.8) is 0 Å². The number of ketones is 1. The van der Waals surface area contributed by atoms with E-state index in [2.05, 4.69) is 5.32 Å². The smallest absolute Gasteiger partial charge is 0.219 e. The van der Waals surface area contributed by atoms with E-state index in [1.807, 2.05) is 0 Å². The molecule has 0 aromatic carbocycles. The molecule has 0 bridgehead atoms. The van der Waals surface area contributed by atoms with Crippen LogP contribution in [0.2, 0.25) is 0 Å². The van der Waals surface area contributed by atoms with Crippen molar-refractivity contribution in [3.8, 4) is 0 Å². The number of hydrogen-bond donors (Lipinski definition) is 15. The van der Waals surface area contributed by atoms with Crippen molar-refractivity contribution >= 4 is 11.7 Å². The fourth-order valence-electron chi connectivity index (χ4n) is 8.84. The van der Waals surface area contributed by atoms with Gasteiger partial charge in [0.2, 0.25) is 5.91 Å². The van der Waals surface area contributed by atoms with E-state index in [4.69, 9.17) is 47.4 Å². The molecular weight excluding hydrogens is 946 g/mol. The second kappa shape index (κ2) is 27.6. The molecule has 27 nitrogen and oxygen atoms in total. The first-order chi connectivity index (χ1) is 33.3. The van der Waals surface area contributed by atoms with Crippen LogP contribution in [-0.4, -0.2) is 270 Å². The summed E-state index contributed by atoms with van der Waals surface area (Å²) in [5, 5.41) is 153. The summed E-state index contributed by atoms with van der Waals surface area (Å²) in [6, 6.07) is 0. The largest absolute Gasteiger partial charge is 0.394 e. The van der Waals surface area contributed by atoms with E-state index in [0.717, 1.165) is 0 Å². The van der Waals surface area contributed by atoms with E-state index in [1.54, 1.807) is 7.05 Å². The maximum atomic E-state index is 12.3. The van der Waals surface area contributed by atoms with Gasteiger partial charge < -0.3 is 124 Å². The Morgan fingerprint density at radius 1 is 0.414 bits per heavy atom. The lowest BCUT2D eigenvalue weighted by atomic mass is 9.95. The number of hydrogen-bond acceptors (Lipinski definition) is 26. The molecule has 0 spiro atoms. The molecule has 10 unspecified atom stereocenters. The first kappa shape index (κ1) is 59.1. The predicted molar refractivity (Wildman–Crippen MR) is 228 cm³/mol. The van der Waals surface area contributed by atoms with Gasteiger partial charge in [-0.3, -0.25) is 9.59 Å². The van der Waals surface area contributed by atoms with Gasteiger partial charge in [-0.25, -0.2) is 0 Å². The van der Waals surface area contributed by atoms with E-state index in [-0.39, 0.29) is 18.3 Å². The molecule has 5 aliphatic rings. The second-order valence-electron chi connectivity index (χ2n) is 18.3. The lowest BCUT2D eigenvalue weighted by Crippen LogP contribution is -2.69. The van der Waals surface area contributed by atoms with Crippen LogP contribution in [0.5, 0.6) is 0 Å². The van der Waals surface area contributed by atoms with Crippen LogP contribution in [-0.2, 0) is 57.0 Å². The number of rotatable bonds is 24. The van der Waals surface area contributed by atoms with Crippen LogP contribution in [0, 0.1) is 0 Å². The van der Waals surface area contributed by atoms with Crippen molar-refractivity contribution < 1.29 is 128 Å². The highest BCUT2D eigenvalue weighted by atomic mass is 16.8. The number of carbonyl (C=O) groups is 2. The molecule has 70 heavy (non-hydrogen) atoms. The average molecular weight is 1020 g/mol. The van der Waals surface area contributed by atoms with E-state index in [1.165, 1.54) is 13.8 Å². The van der Waals surface area contributed by atoms with Gasteiger partial charge >= 0.3 is 0 Å². The predicted octanol–water partition coefficient (Wildman–Crippen LogP) is -7.02. The third-order valence-electron chi connectivity index (χ3n) is 13.2. The summed E-state index contributed by atoms with van der Waals surface area (Å²) in [7, 11) is 1.55. The molecule has 25 atom stereocenters. The Hall–Kier alpha value is -1.82. The van der Waals surface area contributed by atoms with Crippen LogP contribution in [0.4, 0.5) is 0 Å². The molecule has 5 rings (SSSR count). The van der Waals surface area contributed by atoms with Crippen LogP contribution in [0.25, 0.3) is 0 Å². The number of nitrogens with one attached hydrogen (secondary N) is 1. The van der Waals surface area contributed by atoms with E-state index < -0.39 is 173 Å². The van der Waals surface area contributed by atoms with E-state index in [9.17, 15) is 81.1 Å². The highest BCUT2D eigenvalue weighted by molar-refractivity contribution is 5.78. The molecular formula is C43H75NO26. The zero-order valence-electron chi connectivity index (χ0n) is 39.3. The normalized spacial score (nSPS) is 44.8. The molecule has 5 saturated heterocycles. The average Bonchev–Trinajstić information content (AvgIpc) is 3.34. The fourth-order valence-corrected chi connectivity index (χ4v) is 8.84. The van der Waals surface area contributed by atoms with Crippen LogP contribution >= 0.6 is 0 Å². The fraction of sp³-hybridized carbons (Fsp3) is 0.953. The molecule has 408 valence electrons. The standard InChI is InChI=1S/C43H75NO26/c1-17-24(50)28(54)31(57)39(62-17)68-36-27(53)21(15-46)64-41(33(36)59)67-35-22(16-47)66-42(34(60)37(35)69-40-32(58)29(55)25(51)18(2)63-40)70-38-30(56)26(52)20(14-45)65-43(38)61-13-9-5-4-6-10-19(48)11-7-8-12-23(49)44-3/h17-18,20-22,24-43,45-47,50-60H,4-16H2,1-3H3,(H,44,49)/t17?,18?,20?,21?,22?,24-,25-,26+,27+,28-,29-,30-,31?,32?,33?,34?,35+,36-,37+,38?,39-,40-,41-,42+,43-/m0/s1. The van der Waals surface area contributed by atoms with Crippen molar-refractivity contribution in [2.45, 2.75) is 225 Å². The van der Waals surface area contributed by atoms with Gasteiger partial charge in [-0.05, 0) is 39.5 Å². The van der Waals surface area contributed by atoms with Crippen molar-refractivity contribution in [1.29, 1.82) is 0 Å². The van der Waals surface area contributed by atoms with Crippen molar-refractivity contribution in [2.75, 3.05) is 33.5 Å². The summed E-state index contributed by atoms with van der Waals surface area (Å²) < 4.78 is 58.3. The highest BCUT2D eigenvalue weighted by Crippen LogP contribution is 2.37. The van der Waals surface area contributed by atoms with Crippen LogP contribution in [0.3, 0.4) is 0 Å². The molecule has 27 heteroatoms. The molecule has 5 fully saturated rings. The summed E-state index contributed by atoms with van der Waals surface area (Å²) in [5.74, 6) is -0.00200. The minimum Gasteiger partial charge on any atom is -0.394 e. The van der Waals surface area contributed by atoms with Crippen molar-refractivity contribution in [3.05, 3.63) is 0 Å². The third-order valence-corrected chi connectivity index (χ3v) is 13.2. The molecule has 0 aromatic heterocycles. The van der Waals surface area contributed by atoms with Gasteiger partial charge in [-0.2, -0.15) is 0 Å². The molecule has 0 saturated carbocycles. The summed E-state index contributed by atoms with van der Waals surface area (Å²) in [6.45, 7) is -0.00464. The van der Waals surface area contributed by atoms with Gasteiger partial charge in [0.05, 0.1) is 32.0 Å². The van der Waals surface area contributed by atoms with E-state index in [0.29, 0.717) is 57.8 Å². The molecule has 0 aliphatic carbocycles. The number of aliphatic hydroxyl groups excluding tert-OH is 14. The third kappa shape index (κ3) is 14.5. The first-order valence-corrected chi connectivity index (χ1v) is 23.8. The molecule has 5 heterocycles. The van der Waals surface area contributed by atoms with Crippen molar-refractivity contribution in [2.24, 2.45) is 0 Å². The molecule has 5 aliphatic heterocycles. The zero-order valence-corrected chi connectivity index (χ0v) is 39.3. The molecule has 0 radical (unpaired) electrons. The van der Waals surface area contributed by atoms with Crippen molar-refractivity contribution in [1.82, 2.24) is 5.32 Å². The highest BCUT2D eigenvalue weighted by Gasteiger charge is 2.57. The lowest BCUT2D eigenvalue weighted by molar-refractivity contribution is -0.406. The second-order valence-corrected chi connectivity index (χ2v) is 18.3. The van der Waals surface area contributed by atoms with E-state index >= 15 is 0 Å². The van der Waals surface area contributed by atoms with Crippen LogP contribution < -0.4 is 5.32 Å². The number of aliphatic hydroxyl groups is 14. The number of ether oxygens (including phenoxy) is 10. The van der Waals surface area contributed by atoms with Gasteiger partial charge in [0, 0.05) is 32.9 Å². The minimum absolute atomic E-state index is 0.0114. The maximum Gasteiger partial charge on any atom is 0.219 e. The Balaban J connectivity index is 1.31. The number of Topliss-reactive ketones (excluding diaryl/α,β-unsaturated/α-hetero) is 1. The SMILES string of the molecule is CNC(=O)CCCCC(=O)CCCCCCO[C@H]1OC(CO)[C@@H](O)[C@H](O)C1O[C@H]1OC(CO)[C@@H](O[C@@H]2OC(CO)[C@@H](O)[C@H](O[C@@H]3OC(C)[C@H](O)[C@H](O)C3O)C2O)[C@H](O[C@@H]2OC(C)[C@H](O)[C@H](O)C2O)C1O. The number of carbonyl (C=O) groups excluding carboxylic acids is 2. The topological polar surface area (TPSA) is 422 Å². The van der Waals surface area contributed by atoms with Gasteiger partial charge in [0.15, 0.2) is 31.5 Å². The lowest BCUT2D eigenvalue weighted by Gasteiger charge is -2.50.